The highest BCUT2D eigenvalue weighted by Crippen LogP contribution is 2.39. The molecule has 0 amide bonds. The van der Waals surface area contributed by atoms with Gasteiger partial charge in [-0.1, -0.05) is 67.3 Å². The number of likely N-dealkylation sites (N-methyl/N-ethyl adjacent to an activating group) is 1. The summed E-state index contributed by atoms with van der Waals surface area (Å²) >= 11 is 0. The molecule has 2 heterocycles. The molecular formula is C23H27N5Si. The first-order valence-corrected chi connectivity index (χ1v) is 13.3. The van der Waals surface area contributed by atoms with Gasteiger partial charge < -0.3 is 10.6 Å². The highest BCUT2D eigenvalue weighted by Gasteiger charge is 2.41. The van der Waals surface area contributed by atoms with E-state index in [9.17, 15) is 0 Å². The number of guanidine groups is 1. The van der Waals surface area contributed by atoms with Gasteiger partial charge in [0.2, 0.25) is 0 Å². The zero-order valence-corrected chi connectivity index (χ0v) is 18.4. The topological polar surface area (TPSA) is 67.4 Å². The van der Waals surface area contributed by atoms with E-state index in [0.29, 0.717) is 12.5 Å². The summed E-state index contributed by atoms with van der Waals surface area (Å²) in [5.74, 6) is 0.563. The van der Waals surface area contributed by atoms with E-state index in [-0.39, 0.29) is 0 Å². The lowest BCUT2D eigenvalue weighted by Gasteiger charge is -2.30. The van der Waals surface area contributed by atoms with Gasteiger partial charge in [0.1, 0.15) is 5.54 Å². The fourth-order valence-electron chi connectivity index (χ4n) is 3.85. The number of nitrogens with two attached hydrogens (primary N) is 1. The van der Waals surface area contributed by atoms with Crippen molar-refractivity contribution in [2.24, 2.45) is 10.7 Å². The third kappa shape index (κ3) is 3.56. The zero-order chi connectivity index (χ0) is 20.6. The summed E-state index contributed by atoms with van der Waals surface area (Å²) in [6.07, 6.45) is 5.19. The molecule has 1 aliphatic rings. The molecule has 148 valence electrons. The van der Waals surface area contributed by atoms with Gasteiger partial charge in [-0.2, -0.15) is 0 Å². The van der Waals surface area contributed by atoms with E-state index in [1.165, 1.54) is 10.8 Å². The van der Waals surface area contributed by atoms with E-state index >= 15 is 0 Å². The highest BCUT2D eigenvalue weighted by molar-refractivity contribution is 6.88. The molecule has 1 unspecified atom stereocenters. The smallest absolute Gasteiger partial charge is 0.192 e. The van der Waals surface area contributed by atoms with Crippen LogP contribution in [0.15, 0.2) is 72.1 Å². The van der Waals surface area contributed by atoms with Crippen LogP contribution in [0.5, 0.6) is 0 Å². The van der Waals surface area contributed by atoms with E-state index in [0.717, 1.165) is 16.8 Å². The first-order chi connectivity index (χ1) is 13.8. The lowest BCUT2D eigenvalue weighted by molar-refractivity contribution is 0.433. The molecule has 0 spiro atoms. The monoisotopic (exact) mass is 401 g/mol. The summed E-state index contributed by atoms with van der Waals surface area (Å²) in [5, 5.41) is 1.42. The molecule has 0 radical (unpaired) electrons. The van der Waals surface area contributed by atoms with Crippen molar-refractivity contribution >= 4 is 19.2 Å². The molecule has 2 aromatic carbocycles. The Kier molecular flexibility index (Phi) is 4.74. The number of aromatic nitrogens is 2. The Labute approximate surface area is 173 Å². The normalized spacial score (nSPS) is 19.3. The van der Waals surface area contributed by atoms with Gasteiger partial charge in [0.05, 0.1) is 26.5 Å². The largest absolute Gasteiger partial charge is 0.370 e. The zero-order valence-electron chi connectivity index (χ0n) is 17.4. The molecule has 5 nitrogen and oxygen atoms in total. The van der Waals surface area contributed by atoms with Crippen LogP contribution in [0.25, 0.3) is 11.3 Å². The first-order valence-electron chi connectivity index (χ1n) is 9.84. The van der Waals surface area contributed by atoms with Gasteiger partial charge in [0.15, 0.2) is 5.96 Å². The number of nitrogens with zero attached hydrogens (tertiary/aromatic N) is 4. The van der Waals surface area contributed by atoms with Gasteiger partial charge in [-0.3, -0.25) is 9.97 Å². The predicted octanol–water partition coefficient (Wildman–Crippen LogP) is 3.19. The van der Waals surface area contributed by atoms with E-state index < -0.39 is 13.6 Å². The average Bonchev–Trinajstić information content (AvgIpc) is 3.04. The summed E-state index contributed by atoms with van der Waals surface area (Å²) < 4.78 is 0. The van der Waals surface area contributed by atoms with Gasteiger partial charge in [-0.05, 0) is 17.2 Å². The molecule has 0 bridgehead atoms. The summed E-state index contributed by atoms with van der Waals surface area (Å²) in [5.41, 5.74) is 9.90. The average molecular weight is 402 g/mol. The molecule has 1 atom stereocenters. The summed E-state index contributed by atoms with van der Waals surface area (Å²) in [6, 6.07) is 17.3. The van der Waals surface area contributed by atoms with Crippen molar-refractivity contribution in [2.75, 3.05) is 13.6 Å². The molecule has 1 aliphatic heterocycles. The Bertz CT molecular complexity index is 1060. The van der Waals surface area contributed by atoms with Crippen LogP contribution in [0.2, 0.25) is 19.6 Å². The highest BCUT2D eigenvalue weighted by atomic mass is 28.3. The Morgan fingerprint density at radius 3 is 2.34 bits per heavy atom. The molecule has 4 rings (SSSR count). The molecule has 2 N–H and O–H groups in total. The minimum absolute atomic E-state index is 0.535. The van der Waals surface area contributed by atoms with Crippen LogP contribution < -0.4 is 10.9 Å². The third-order valence-electron chi connectivity index (χ3n) is 5.57. The van der Waals surface area contributed by atoms with Crippen molar-refractivity contribution in [1.29, 1.82) is 0 Å². The van der Waals surface area contributed by atoms with E-state index in [1.807, 2.05) is 11.9 Å². The third-order valence-corrected chi connectivity index (χ3v) is 7.61. The predicted molar refractivity (Wildman–Crippen MR) is 122 cm³/mol. The number of benzene rings is 2. The fraction of sp³-hybridized carbons (Fsp3) is 0.261. The van der Waals surface area contributed by atoms with Gasteiger partial charge in [-0.25, -0.2) is 4.99 Å². The van der Waals surface area contributed by atoms with Gasteiger partial charge in [0.25, 0.3) is 0 Å². The van der Waals surface area contributed by atoms with Crippen LogP contribution in [0.3, 0.4) is 0 Å². The lowest BCUT2D eigenvalue weighted by atomic mass is 9.82. The van der Waals surface area contributed by atoms with Gasteiger partial charge in [-0.15, -0.1) is 0 Å². The van der Waals surface area contributed by atoms with Gasteiger partial charge >= 0.3 is 0 Å². The van der Waals surface area contributed by atoms with E-state index in [1.54, 1.807) is 18.6 Å². The maximum Gasteiger partial charge on any atom is 0.192 e. The van der Waals surface area contributed by atoms with Crippen molar-refractivity contribution in [3.05, 3.63) is 78.2 Å². The molecule has 0 aliphatic carbocycles. The molecular weight excluding hydrogens is 374 g/mol. The van der Waals surface area contributed by atoms with E-state index in [4.69, 9.17) is 10.7 Å². The number of rotatable bonds is 4. The quantitative estimate of drug-likeness (QED) is 0.682. The molecule has 0 saturated carbocycles. The standard InChI is InChI=1S/C23H27N5Si/c1-28-16-23(27-22(28)24,19-9-6-10-20(14-19)29(2,3)4)18-8-5-7-17(13-18)21-15-25-11-12-26-21/h5-15H,16H2,1-4H3,(H2,24,27). The maximum absolute atomic E-state index is 6.26. The van der Waals surface area contributed by atoms with Crippen molar-refractivity contribution in [1.82, 2.24) is 14.9 Å². The minimum atomic E-state index is -1.46. The van der Waals surface area contributed by atoms with Crippen LogP contribution in [-0.2, 0) is 5.54 Å². The van der Waals surface area contributed by atoms with Crippen LogP contribution in [0.1, 0.15) is 11.1 Å². The van der Waals surface area contributed by atoms with Crippen LogP contribution >= 0.6 is 0 Å². The first kappa shape index (κ1) is 19.3. The SMILES string of the molecule is CN1CC(c2cccc(-c3cnccn3)c2)(c2cccc([Si](C)(C)C)c2)N=C1N. The summed E-state index contributed by atoms with van der Waals surface area (Å²) in [4.78, 5) is 15.7. The number of hydrogen-bond acceptors (Lipinski definition) is 5. The second-order valence-corrected chi connectivity index (χ2v) is 13.8. The van der Waals surface area contributed by atoms with Crippen molar-refractivity contribution in [3.63, 3.8) is 0 Å². The van der Waals surface area contributed by atoms with Crippen molar-refractivity contribution in [3.8, 4) is 11.3 Å². The van der Waals surface area contributed by atoms with E-state index in [2.05, 4.69) is 78.1 Å². The summed E-state index contributed by atoms with van der Waals surface area (Å²) in [7, 11) is 0.537. The van der Waals surface area contributed by atoms with Crippen LogP contribution in [0, 0.1) is 0 Å². The maximum atomic E-state index is 6.26. The second kappa shape index (κ2) is 7.11. The molecule has 29 heavy (non-hydrogen) atoms. The molecule has 6 heteroatoms. The Hall–Kier alpha value is -2.99. The summed E-state index contributed by atoms with van der Waals surface area (Å²) in [6.45, 7) is 7.81. The van der Waals surface area contributed by atoms with Crippen LogP contribution in [0.4, 0.5) is 0 Å². The fourth-order valence-corrected chi connectivity index (χ4v) is 5.03. The minimum Gasteiger partial charge on any atom is -0.370 e. The molecule has 1 aromatic heterocycles. The van der Waals surface area contributed by atoms with Crippen molar-refractivity contribution in [2.45, 2.75) is 25.2 Å². The number of aliphatic imine (C=N–C) groups is 1. The molecule has 0 fully saturated rings. The number of hydrogen-bond donors (Lipinski definition) is 1. The Morgan fingerprint density at radius 2 is 1.72 bits per heavy atom. The second-order valence-electron chi connectivity index (χ2n) is 8.69. The Morgan fingerprint density at radius 1 is 1.00 bits per heavy atom. The molecule has 3 aromatic rings. The lowest BCUT2D eigenvalue weighted by Crippen LogP contribution is -2.40. The van der Waals surface area contributed by atoms with Crippen molar-refractivity contribution < 1.29 is 0 Å². The molecule has 0 saturated heterocycles. The van der Waals surface area contributed by atoms with Crippen LogP contribution in [-0.4, -0.2) is 42.5 Å². The van der Waals surface area contributed by atoms with Gasteiger partial charge in [0, 0.05) is 25.0 Å². The Balaban J connectivity index is 1.89.